The summed E-state index contributed by atoms with van der Waals surface area (Å²) in [7, 11) is 1.60. The number of aryl methyl sites for hydroxylation is 2. The summed E-state index contributed by atoms with van der Waals surface area (Å²) >= 11 is 0. The van der Waals surface area contributed by atoms with Crippen molar-refractivity contribution < 1.29 is 9.84 Å². The summed E-state index contributed by atoms with van der Waals surface area (Å²) in [5.74, 6) is 0.682. The number of fused-ring (bicyclic) bond motifs is 1. The lowest BCUT2D eigenvalue weighted by molar-refractivity contribution is 0.274. The number of hydrogen-bond donors (Lipinski definition) is 2. The second-order valence-electron chi connectivity index (χ2n) is 5.91. The molecule has 0 saturated heterocycles. The second-order valence-corrected chi connectivity index (χ2v) is 5.91. The van der Waals surface area contributed by atoms with E-state index in [1.165, 1.54) is 0 Å². The summed E-state index contributed by atoms with van der Waals surface area (Å²) in [6.07, 6.45) is 1.89. The highest BCUT2D eigenvalue weighted by molar-refractivity contribution is 5.53. The minimum absolute atomic E-state index is 0.0475. The van der Waals surface area contributed by atoms with Gasteiger partial charge in [0.15, 0.2) is 5.65 Å². The van der Waals surface area contributed by atoms with Crippen molar-refractivity contribution in [1.29, 1.82) is 0 Å². The second kappa shape index (κ2) is 6.49. The van der Waals surface area contributed by atoms with E-state index in [0.29, 0.717) is 5.75 Å². The van der Waals surface area contributed by atoms with Crippen molar-refractivity contribution in [1.82, 2.24) is 14.6 Å². The first-order valence-electron chi connectivity index (χ1n) is 7.89. The molecule has 6 nitrogen and oxygen atoms in total. The number of nitrogens with one attached hydrogen (secondary N) is 1. The maximum absolute atomic E-state index is 9.46. The van der Waals surface area contributed by atoms with Crippen LogP contribution in [0.2, 0.25) is 0 Å². The van der Waals surface area contributed by atoms with Crippen LogP contribution in [0.4, 0.5) is 5.69 Å². The zero-order valence-corrected chi connectivity index (χ0v) is 14.4. The molecular formula is C18H22N4O2. The van der Waals surface area contributed by atoms with Gasteiger partial charge in [-0.2, -0.15) is 5.10 Å². The van der Waals surface area contributed by atoms with Crippen LogP contribution in [-0.4, -0.2) is 26.8 Å². The lowest BCUT2D eigenvalue weighted by atomic mass is 10.1. The number of ether oxygens (including phenoxy) is 1. The molecule has 0 amide bonds. The third-order valence-electron chi connectivity index (χ3n) is 4.18. The van der Waals surface area contributed by atoms with Crippen LogP contribution >= 0.6 is 0 Å². The van der Waals surface area contributed by atoms with Crippen LogP contribution in [0.3, 0.4) is 0 Å². The lowest BCUT2D eigenvalue weighted by Crippen LogP contribution is -2.12. The number of hydrogen-bond acceptors (Lipinski definition) is 5. The number of aromatic nitrogens is 3. The normalized spacial score (nSPS) is 12.4. The number of benzene rings is 1. The molecule has 3 aromatic rings. The Bertz CT molecular complexity index is 873. The van der Waals surface area contributed by atoms with Crippen molar-refractivity contribution >= 4 is 11.3 Å². The van der Waals surface area contributed by atoms with Gasteiger partial charge in [-0.05, 0) is 39.0 Å². The molecule has 0 aliphatic rings. The Balaban J connectivity index is 1.89. The Morgan fingerprint density at radius 1 is 1.29 bits per heavy atom. The highest BCUT2D eigenvalue weighted by Crippen LogP contribution is 2.26. The third kappa shape index (κ3) is 2.92. The van der Waals surface area contributed by atoms with E-state index in [1.54, 1.807) is 7.11 Å². The van der Waals surface area contributed by atoms with Crippen molar-refractivity contribution in [3.8, 4) is 5.75 Å². The number of anilines is 1. The maximum Gasteiger partial charge on any atom is 0.155 e. The zero-order chi connectivity index (χ0) is 17.3. The number of rotatable bonds is 5. The molecule has 24 heavy (non-hydrogen) atoms. The van der Waals surface area contributed by atoms with Gasteiger partial charge in [0.05, 0.1) is 25.5 Å². The van der Waals surface area contributed by atoms with E-state index >= 15 is 0 Å². The standard InChI is InChI=1S/C18H22N4O2/c1-11-7-18-19-9-16(13(3)22(18)21-11)12(2)20-15-5-6-17(24-4)14(8-15)10-23/h5-9,12,20,23H,10H2,1-4H3. The maximum atomic E-state index is 9.46. The van der Waals surface area contributed by atoms with Crippen LogP contribution in [0.25, 0.3) is 5.65 Å². The molecule has 0 aliphatic heterocycles. The van der Waals surface area contributed by atoms with Gasteiger partial charge in [0.2, 0.25) is 0 Å². The molecule has 2 N–H and O–H groups in total. The van der Waals surface area contributed by atoms with Gasteiger partial charge in [0, 0.05) is 34.8 Å². The average Bonchev–Trinajstić information content (AvgIpc) is 2.96. The minimum Gasteiger partial charge on any atom is -0.496 e. The largest absolute Gasteiger partial charge is 0.496 e. The van der Waals surface area contributed by atoms with Gasteiger partial charge in [0.1, 0.15) is 5.75 Å². The molecule has 1 aromatic carbocycles. The first-order chi connectivity index (χ1) is 11.5. The number of methoxy groups -OCH3 is 1. The Morgan fingerprint density at radius 2 is 2.08 bits per heavy atom. The smallest absolute Gasteiger partial charge is 0.155 e. The predicted octanol–water partition coefficient (Wildman–Crippen LogP) is 3.02. The lowest BCUT2D eigenvalue weighted by Gasteiger charge is -2.19. The van der Waals surface area contributed by atoms with Crippen LogP contribution < -0.4 is 10.1 Å². The summed E-state index contributed by atoms with van der Waals surface area (Å²) < 4.78 is 7.11. The molecule has 0 saturated carbocycles. The van der Waals surface area contributed by atoms with Crippen molar-refractivity contribution in [3.05, 3.63) is 53.0 Å². The molecule has 2 aromatic heterocycles. The van der Waals surface area contributed by atoms with E-state index in [1.807, 2.05) is 48.8 Å². The van der Waals surface area contributed by atoms with Gasteiger partial charge in [-0.3, -0.25) is 0 Å². The first kappa shape index (κ1) is 16.3. The van der Waals surface area contributed by atoms with Crippen LogP contribution in [0.1, 0.15) is 35.5 Å². The van der Waals surface area contributed by atoms with E-state index in [-0.39, 0.29) is 12.6 Å². The topological polar surface area (TPSA) is 71.7 Å². The van der Waals surface area contributed by atoms with E-state index in [2.05, 4.69) is 22.3 Å². The van der Waals surface area contributed by atoms with Crippen molar-refractivity contribution in [2.45, 2.75) is 33.4 Å². The number of aliphatic hydroxyl groups excluding tert-OH is 1. The summed E-state index contributed by atoms with van der Waals surface area (Å²) in [6.45, 7) is 6.02. The number of nitrogens with zero attached hydrogens (tertiary/aromatic N) is 3. The molecule has 0 bridgehead atoms. The minimum atomic E-state index is -0.0633. The van der Waals surface area contributed by atoms with Crippen LogP contribution in [0.15, 0.2) is 30.5 Å². The number of aliphatic hydroxyl groups is 1. The molecule has 3 rings (SSSR count). The SMILES string of the molecule is COc1ccc(NC(C)c2cnc3cc(C)nn3c2C)cc1CO. The highest BCUT2D eigenvalue weighted by Gasteiger charge is 2.14. The Morgan fingerprint density at radius 3 is 2.79 bits per heavy atom. The van der Waals surface area contributed by atoms with Gasteiger partial charge in [-0.25, -0.2) is 9.50 Å². The molecule has 6 heteroatoms. The average molecular weight is 326 g/mol. The molecule has 0 radical (unpaired) electrons. The fourth-order valence-corrected chi connectivity index (χ4v) is 2.92. The van der Waals surface area contributed by atoms with Crippen LogP contribution in [-0.2, 0) is 6.61 Å². The van der Waals surface area contributed by atoms with Crippen molar-refractivity contribution in [2.75, 3.05) is 12.4 Å². The predicted molar refractivity (Wildman–Crippen MR) is 93.4 cm³/mol. The monoisotopic (exact) mass is 326 g/mol. The van der Waals surface area contributed by atoms with Gasteiger partial charge in [-0.15, -0.1) is 0 Å². The highest BCUT2D eigenvalue weighted by atomic mass is 16.5. The summed E-state index contributed by atoms with van der Waals surface area (Å²) in [5, 5.41) is 17.4. The van der Waals surface area contributed by atoms with Crippen molar-refractivity contribution in [2.24, 2.45) is 0 Å². The summed E-state index contributed by atoms with van der Waals surface area (Å²) in [4.78, 5) is 4.49. The molecule has 0 fully saturated rings. The first-order valence-corrected chi connectivity index (χ1v) is 7.89. The fourth-order valence-electron chi connectivity index (χ4n) is 2.92. The fraction of sp³-hybridized carbons (Fsp3) is 0.333. The third-order valence-corrected chi connectivity index (χ3v) is 4.18. The van der Waals surface area contributed by atoms with Gasteiger partial charge in [0.25, 0.3) is 0 Å². The molecule has 1 atom stereocenters. The van der Waals surface area contributed by atoms with E-state index in [0.717, 1.165) is 33.8 Å². The Kier molecular flexibility index (Phi) is 4.40. The quantitative estimate of drug-likeness (QED) is 0.754. The molecule has 126 valence electrons. The van der Waals surface area contributed by atoms with Crippen LogP contribution in [0.5, 0.6) is 5.75 Å². The molecule has 1 unspecified atom stereocenters. The van der Waals surface area contributed by atoms with E-state index in [9.17, 15) is 5.11 Å². The zero-order valence-electron chi connectivity index (χ0n) is 14.4. The van der Waals surface area contributed by atoms with E-state index < -0.39 is 0 Å². The van der Waals surface area contributed by atoms with E-state index in [4.69, 9.17) is 4.74 Å². The Hall–Kier alpha value is -2.60. The van der Waals surface area contributed by atoms with Gasteiger partial charge >= 0.3 is 0 Å². The Labute approximate surface area is 141 Å². The summed E-state index contributed by atoms with van der Waals surface area (Å²) in [5.41, 5.74) is 5.61. The van der Waals surface area contributed by atoms with Gasteiger partial charge in [-0.1, -0.05) is 0 Å². The van der Waals surface area contributed by atoms with Crippen LogP contribution in [0, 0.1) is 13.8 Å². The molecule has 2 heterocycles. The van der Waals surface area contributed by atoms with Gasteiger partial charge < -0.3 is 15.2 Å². The molecular weight excluding hydrogens is 304 g/mol. The van der Waals surface area contributed by atoms with Crippen molar-refractivity contribution in [3.63, 3.8) is 0 Å². The molecule has 0 aliphatic carbocycles. The summed E-state index contributed by atoms with van der Waals surface area (Å²) in [6, 6.07) is 7.70. The molecule has 0 spiro atoms.